The second-order valence-corrected chi connectivity index (χ2v) is 7.91. The molecule has 0 aliphatic rings. The molecule has 0 aromatic rings. The fourth-order valence-electron chi connectivity index (χ4n) is 2.83. The van der Waals surface area contributed by atoms with E-state index in [4.69, 9.17) is 17.2 Å². The van der Waals surface area contributed by atoms with Gasteiger partial charge in [0.2, 0.25) is 23.6 Å². The van der Waals surface area contributed by atoms with E-state index in [-0.39, 0.29) is 25.2 Å². The predicted octanol–water partition coefficient (Wildman–Crippen LogP) is -1.69. The average molecular weight is 459 g/mol. The van der Waals surface area contributed by atoms with Crippen molar-refractivity contribution in [3.05, 3.63) is 0 Å². The van der Waals surface area contributed by atoms with Crippen LogP contribution >= 0.6 is 0 Å². The van der Waals surface area contributed by atoms with Crippen LogP contribution in [0.3, 0.4) is 0 Å². The normalized spacial score (nSPS) is 15.5. The lowest BCUT2D eigenvalue weighted by Crippen LogP contribution is -2.57. The quantitative estimate of drug-likeness (QED) is 0.132. The zero-order chi connectivity index (χ0) is 24.8. The fraction of sp³-hybridized carbons (Fsp3) is 0.750. The Morgan fingerprint density at radius 2 is 1.41 bits per heavy atom. The van der Waals surface area contributed by atoms with Crippen molar-refractivity contribution < 1.29 is 29.1 Å². The summed E-state index contributed by atoms with van der Waals surface area (Å²) in [7, 11) is 0. The molecular weight excluding hydrogens is 420 g/mol. The molecule has 0 heterocycles. The Morgan fingerprint density at radius 1 is 0.875 bits per heavy atom. The number of carboxylic acid groups (broad SMARTS) is 1. The van der Waals surface area contributed by atoms with Gasteiger partial charge in [-0.15, -0.1) is 0 Å². The summed E-state index contributed by atoms with van der Waals surface area (Å²) in [6, 6.07) is -4.21. The molecule has 0 saturated carbocycles. The monoisotopic (exact) mass is 458 g/mol. The lowest BCUT2D eigenvalue weighted by atomic mass is 9.98. The number of hydrogen-bond acceptors (Lipinski definition) is 7. The van der Waals surface area contributed by atoms with Crippen LogP contribution in [0.2, 0.25) is 0 Å². The first-order valence-corrected chi connectivity index (χ1v) is 10.8. The third-order valence-corrected chi connectivity index (χ3v) is 5.08. The first-order chi connectivity index (χ1) is 14.9. The van der Waals surface area contributed by atoms with Gasteiger partial charge in [0.1, 0.15) is 18.1 Å². The molecule has 5 atom stereocenters. The smallest absolute Gasteiger partial charge is 0.326 e. The van der Waals surface area contributed by atoms with Gasteiger partial charge in [-0.3, -0.25) is 19.2 Å². The van der Waals surface area contributed by atoms with Gasteiger partial charge < -0.3 is 38.3 Å². The van der Waals surface area contributed by atoms with E-state index in [9.17, 15) is 29.1 Å². The lowest BCUT2D eigenvalue weighted by Gasteiger charge is -2.26. The SMILES string of the molecule is CCC(C)C(NC(=O)C(CCC(N)=O)NC(=O)C(CCCCN)NC(=O)C(C)N)C(=O)O. The van der Waals surface area contributed by atoms with E-state index in [1.54, 1.807) is 13.8 Å². The minimum atomic E-state index is -1.22. The van der Waals surface area contributed by atoms with E-state index < -0.39 is 53.8 Å². The summed E-state index contributed by atoms with van der Waals surface area (Å²) >= 11 is 0. The van der Waals surface area contributed by atoms with Crippen LogP contribution in [-0.4, -0.2) is 65.4 Å². The summed E-state index contributed by atoms with van der Waals surface area (Å²) in [4.78, 5) is 60.4. The minimum absolute atomic E-state index is 0.128. The highest BCUT2D eigenvalue weighted by atomic mass is 16.4. The molecule has 0 bridgehead atoms. The van der Waals surface area contributed by atoms with Crippen molar-refractivity contribution in [1.82, 2.24) is 16.0 Å². The van der Waals surface area contributed by atoms with Crippen LogP contribution in [0.25, 0.3) is 0 Å². The summed E-state index contributed by atoms with van der Waals surface area (Å²) in [5.41, 5.74) is 16.2. The van der Waals surface area contributed by atoms with E-state index in [0.717, 1.165) is 0 Å². The second kappa shape index (κ2) is 15.1. The van der Waals surface area contributed by atoms with Crippen LogP contribution in [0.15, 0.2) is 0 Å². The van der Waals surface area contributed by atoms with E-state index in [1.807, 2.05) is 0 Å². The van der Waals surface area contributed by atoms with Crippen molar-refractivity contribution in [2.45, 2.75) is 83.5 Å². The van der Waals surface area contributed by atoms with Crippen molar-refractivity contribution in [3.63, 3.8) is 0 Å². The van der Waals surface area contributed by atoms with Crippen molar-refractivity contribution >= 4 is 29.6 Å². The third-order valence-electron chi connectivity index (χ3n) is 5.08. The van der Waals surface area contributed by atoms with Crippen molar-refractivity contribution in [1.29, 1.82) is 0 Å². The van der Waals surface area contributed by atoms with Gasteiger partial charge in [0.25, 0.3) is 0 Å². The van der Waals surface area contributed by atoms with E-state index in [1.165, 1.54) is 6.92 Å². The first-order valence-electron chi connectivity index (χ1n) is 10.8. The van der Waals surface area contributed by atoms with Gasteiger partial charge >= 0.3 is 5.97 Å². The highest BCUT2D eigenvalue weighted by Gasteiger charge is 2.31. The Kier molecular flexibility index (Phi) is 13.8. The largest absolute Gasteiger partial charge is 0.480 e. The Bertz CT molecular complexity index is 656. The number of carboxylic acids is 1. The molecule has 0 radical (unpaired) electrons. The molecule has 32 heavy (non-hydrogen) atoms. The summed E-state index contributed by atoms with van der Waals surface area (Å²) in [5.74, 6) is -4.21. The number of nitrogens with two attached hydrogens (primary N) is 3. The zero-order valence-electron chi connectivity index (χ0n) is 19.1. The van der Waals surface area contributed by atoms with Crippen LogP contribution in [0.4, 0.5) is 0 Å². The number of aliphatic carboxylic acids is 1. The highest BCUT2D eigenvalue weighted by molar-refractivity contribution is 5.94. The molecule has 0 rings (SSSR count). The predicted molar refractivity (Wildman–Crippen MR) is 118 cm³/mol. The number of primary amides is 1. The molecule has 0 saturated heterocycles. The lowest BCUT2D eigenvalue weighted by molar-refractivity contribution is -0.144. The summed E-state index contributed by atoms with van der Waals surface area (Å²) in [6.45, 7) is 5.33. The molecule has 0 fully saturated rings. The summed E-state index contributed by atoms with van der Waals surface area (Å²) in [5, 5.41) is 16.9. The third kappa shape index (κ3) is 11.0. The van der Waals surface area contributed by atoms with Crippen LogP contribution in [0.5, 0.6) is 0 Å². The van der Waals surface area contributed by atoms with Gasteiger partial charge in [-0.25, -0.2) is 4.79 Å². The summed E-state index contributed by atoms with van der Waals surface area (Å²) < 4.78 is 0. The molecule has 0 aliphatic heterocycles. The number of unbranched alkanes of at least 4 members (excludes halogenated alkanes) is 1. The fourth-order valence-corrected chi connectivity index (χ4v) is 2.83. The van der Waals surface area contributed by atoms with E-state index >= 15 is 0 Å². The Balaban J connectivity index is 5.52. The Labute approximate surface area is 188 Å². The van der Waals surface area contributed by atoms with Gasteiger partial charge in [0.15, 0.2) is 0 Å². The number of carbonyl (C=O) groups is 5. The van der Waals surface area contributed by atoms with Crippen LogP contribution < -0.4 is 33.2 Å². The van der Waals surface area contributed by atoms with Gasteiger partial charge in [-0.1, -0.05) is 20.3 Å². The standard InChI is InChI=1S/C20H38N6O6/c1-4-11(2)16(20(31)32)26-19(30)14(8-9-15(23)27)25-18(29)13(7-5-6-10-21)24-17(28)12(3)22/h11-14,16H,4-10,21-22H2,1-3H3,(H2,23,27)(H,24,28)(H,25,29)(H,26,30)(H,31,32). The van der Waals surface area contributed by atoms with Crippen molar-refractivity contribution in [2.24, 2.45) is 23.1 Å². The Morgan fingerprint density at radius 3 is 1.88 bits per heavy atom. The molecule has 12 nitrogen and oxygen atoms in total. The number of amides is 4. The molecule has 5 unspecified atom stereocenters. The van der Waals surface area contributed by atoms with E-state index in [0.29, 0.717) is 25.8 Å². The maximum absolute atomic E-state index is 12.9. The van der Waals surface area contributed by atoms with Crippen molar-refractivity contribution in [3.8, 4) is 0 Å². The highest BCUT2D eigenvalue weighted by Crippen LogP contribution is 2.10. The van der Waals surface area contributed by atoms with Crippen LogP contribution in [-0.2, 0) is 24.0 Å². The molecule has 12 heteroatoms. The molecule has 0 aromatic carbocycles. The van der Waals surface area contributed by atoms with Crippen LogP contribution in [0.1, 0.15) is 59.3 Å². The van der Waals surface area contributed by atoms with Gasteiger partial charge in [-0.2, -0.15) is 0 Å². The molecule has 10 N–H and O–H groups in total. The molecule has 184 valence electrons. The minimum Gasteiger partial charge on any atom is -0.480 e. The topological polar surface area (TPSA) is 220 Å². The van der Waals surface area contributed by atoms with E-state index in [2.05, 4.69) is 16.0 Å². The van der Waals surface area contributed by atoms with Crippen LogP contribution in [0, 0.1) is 5.92 Å². The number of rotatable bonds is 16. The molecule has 0 aromatic heterocycles. The first kappa shape index (κ1) is 29.3. The molecule has 0 spiro atoms. The van der Waals surface area contributed by atoms with Crippen molar-refractivity contribution in [2.75, 3.05) is 6.54 Å². The number of carbonyl (C=O) groups excluding carboxylic acids is 4. The second-order valence-electron chi connectivity index (χ2n) is 7.91. The zero-order valence-corrected chi connectivity index (χ0v) is 19.1. The molecular formula is C20H38N6O6. The number of nitrogens with one attached hydrogen (secondary N) is 3. The molecule has 0 aliphatic carbocycles. The van der Waals surface area contributed by atoms with Gasteiger partial charge in [0, 0.05) is 6.42 Å². The van der Waals surface area contributed by atoms with Gasteiger partial charge in [-0.05, 0) is 45.1 Å². The Hall–Kier alpha value is -2.73. The maximum Gasteiger partial charge on any atom is 0.326 e. The maximum atomic E-state index is 12.9. The summed E-state index contributed by atoms with van der Waals surface area (Å²) in [6.07, 6.45) is 1.60. The molecule has 4 amide bonds. The van der Waals surface area contributed by atoms with Gasteiger partial charge in [0.05, 0.1) is 6.04 Å². The average Bonchev–Trinajstić information content (AvgIpc) is 2.72. The number of hydrogen-bond donors (Lipinski definition) is 7.